The highest BCUT2D eigenvalue weighted by atomic mass is 16.2. The van der Waals surface area contributed by atoms with Gasteiger partial charge >= 0.3 is 0 Å². The maximum absolute atomic E-state index is 12.3. The predicted molar refractivity (Wildman–Crippen MR) is 83.9 cm³/mol. The number of benzene rings is 2. The van der Waals surface area contributed by atoms with Crippen LogP contribution in [0.5, 0.6) is 0 Å². The number of hydrogen-bond acceptors (Lipinski definition) is 2. The lowest BCUT2D eigenvalue weighted by Crippen LogP contribution is -2.28. The third-order valence-electron chi connectivity index (χ3n) is 3.60. The molecule has 0 bridgehead atoms. The first kappa shape index (κ1) is 14.1. The van der Waals surface area contributed by atoms with Gasteiger partial charge in [-0.1, -0.05) is 30.3 Å². The number of hydrogen-bond donors (Lipinski definition) is 1. The van der Waals surface area contributed by atoms with Crippen LogP contribution < -0.4 is 10.6 Å². The Kier molecular flexibility index (Phi) is 4.08. The molecular weight excluding hydrogens is 248 g/mol. The molecule has 0 radical (unpaired) electrons. The third kappa shape index (κ3) is 2.99. The quantitative estimate of drug-likeness (QED) is 0.869. The van der Waals surface area contributed by atoms with E-state index in [1.54, 1.807) is 18.0 Å². The number of carbonyl (C=O) groups excluding carboxylic acids is 1. The molecule has 0 atom stereocenters. The number of amides is 1. The molecule has 2 rings (SSSR count). The minimum absolute atomic E-state index is 0.0335. The number of nitrogens with zero attached hydrogens (tertiary/aromatic N) is 1. The number of para-hydroxylation sites is 2. The van der Waals surface area contributed by atoms with E-state index in [2.05, 4.69) is 26.0 Å². The molecule has 0 aromatic heterocycles. The van der Waals surface area contributed by atoms with E-state index >= 15 is 0 Å². The molecule has 0 spiro atoms. The molecule has 2 aromatic rings. The summed E-state index contributed by atoms with van der Waals surface area (Å²) in [7, 11) is 1.76. The van der Waals surface area contributed by atoms with Gasteiger partial charge in [0.05, 0.1) is 17.8 Å². The fourth-order valence-corrected chi connectivity index (χ4v) is 2.13. The van der Waals surface area contributed by atoms with Crippen LogP contribution in [-0.2, 0) is 11.2 Å². The molecule has 0 fully saturated rings. The summed E-state index contributed by atoms with van der Waals surface area (Å²) in [6.45, 7) is 4.12. The summed E-state index contributed by atoms with van der Waals surface area (Å²) in [6.07, 6.45) is 0.381. The smallest absolute Gasteiger partial charge is 0.231 e. The fraction of sp³-hybridized carbons (Fsp3) is 0.235. The third-order valence-corrected chi connectivity index (χ3v) is 3.60. The molecular formula is C17H20N2O. The number of carbonyl (C=O) groups is 1. The summed E-state index contributed by atoms with van der Waals surface area (Å²) in [5, 5.41) is 0. The molecule has 0 unspecified atom stereocenters. The Bertz CT molecular complexity index is 635. The van der Waals surface area contributed by atoms with Crippen molar-refractivity contribution in [2.24, 2.45) is 0 Å². The summed E-state index contributed by atoms with van der Waals surface area (Å²) in [6, 6.07) is 13.5. The molecule has 0 heterocycles. The highest BCUT2D eigenvalue weighted by Gasteiger charge is 2.13. The van der Waals surface area contributed by atoms with Crippen LogP contribution in [0.4, 0.5) is 11.4 Å². The first-order valence-corrected chi connectivity index (χ1v) is 6.66. The van der Waals surface area contributed by atoms with Gasteiger partial charge in [-0.05, 0) is 42.7 Å². The van der Waals surface area contributed by atoms with Gasteiger partial charge in [-0.2, -0.15) is 0 Å². The van der Waals surface area contributed by atoms with Gasteiger partial charge in [-0.15, -0.1) is 0 Å². The van der Waals surface area contributed by atoms with Crippen LogP contribution in [0, 0.1) is 13.8 Å². The normalized spacial score (nSPS) is 10.3. The monoisotopic (exact) mass is 268 g/mol. The lowest BCUT2D eigenvalue weighted by molar-refractivity contribution is -0.117. The largest absolute Gasteiger partial charge is 0.397 e. The van der Waals surface area contributed by atoms with E-state index in [-0.39, 0.29) is 5.91 Å². The molecule has 2 aromatic carbocycles. The maximum atomic E-state index is 12.3. The zero-order chi connectivity index (χ0) is 14.7. The number of anilines is 2. The van der Waals surface area contributed by atoms with Crippen molar-refractivity contribution in [3.8, 4) is 0 Å². The van der Waals surface area contributed by atoms with Gasteiger partial charge in [0, 0.05) is 7.05 Å². The molecule has 20 heavy (non-hydrogen) atoms. The maximum Gasteiger partial charge on any atom is 0.231 e. The summed E-state index contributed by atoms with van der Waals surface area (Å²) in [4.78, 5) is 13.9. The Labute approximate surface area is 120 Å². The number of nitrogens with two attached hydrogens (primary N) is 1. The Morgan fingerprint density at radius 1 is 1.10 bits per heavy atom. The summed E-state index contributed by atoms with van der Waals surface area (Å²) >= 11 is 0. The summed E-state index contributed by atoms with van der Waals surface area (Å²) in [5.74, 6) is 0.0335. The van der Waals surface area contributed by atoms with Crippen molar-refractivity contribution >= 4 is 17.3 Å². The van der Waals surface area contributed by atoms with Gasteiger partial charge < -0.3 is 10.6 Å². The van der Waals surface area contributed by atoms with Crippen molar-refractivity contribution in [2.75, 3.05) is 17.7 Å². The number of nitrogen functional groups attached to an aromatic ring is 1. The predicted octanol–water partition coefficient (Wildman–Crippen LogP) is 3.09. The highest BCUT2D eigenvalue weighted by molar-refractivity contribution is 5.96. The molecule has 0 saturated carbocycles. The van der Waals surface area contributed by atoms with Gasteiger partial charge in [0.1, 0.15) is 0 Å². The molecule has 1 amide bonds. The molecule has 0 aliphatic rings. The SMILES string of the molecule is Cc1ccc(CC(=O)N(C)c2ccccc2N)cc1C. The number of likely N-dealkylation sites (N-methyl/N-ethyl adjacent to an activating group) is 1. The standard InChI is InChI=1S/C17H20N2O/c1-12-8-9-14(10-13(12)2)11-17(20)19(3)16-7-5-4-6-15(16)18/h4-10H,11,18H2,1-3H3. The van der Waals surface area contributed by atoms with Gasteiger partial charge in [-0.3, -0.25) is 4.79 Å². The molecule has 0 aliphatic heterocycles. The van der Waals surface area contributed by atoms with E-state index in [1.165, 1.54) is 11.1 Å². The zero-order valence-corrected chi connectivity index (χ0v) is 12.2. The second-order valence-corrected chi connectivity index (χ2v) is 5.11. The first-order valence-electron chi connectivity index (χ1n) is 6.66. The average molecular weight is 268 g/mol. The first-order chi connectivity index (χ1) is 9.49. The van der Waals surface area contributed by atoms with Crippen molar-refractivity contribution in [2.45, 2.75) is 20.3 Å². The Hall–Kier alpha value is -2.29. The van der Waals surface area contributed by atoms with Crippen LogP contribution in [0.1, 0.15) is 16.7 Å². The van der Waals surface area contributed by atoms with E-state index in [0.717, 1.165) is 11.3 Å². The molecule has 2 N–H and O–H groups in total. The van der Waals surface area contributed by atoms with Gasteiger partial charge in [0.2, 0.25) is 5.91 Å². The highest BCUT2D eigenvalue weighted by Crippen LogP contribution is 2.22. The van der Waals surface area contributed by atoms with Crippen LogP contribution >= 0.6 is 0 Å². The van der Waals surface area contributed by atoms with E-state index in [4.69, 9.17) is 5.73 Å². The minimum atomic E-state index is 0.0335. The molecule has 0 aliphatic carbocycles. The molecule has 0 saturated heterocycles. The lowest BCUT2D eigenvalue weighted by Gasteiger charge is -2.19. The average Bonchev–Trinajstić information content (AvgIpc) is 2.42. The van der Waals surface area contributed by atoms with Crippen molar-refractivity contribution < 1.29 is 4.79 Å². The Morgan fingerprint density at radius 2 is 1.80 bits per heavy atom. The van der Waals surface area contributed by atoms with E-state index in [9.17, 15) is 4.79 Å². The zero-order valence-electron chi connectivity index (χ0n) is 12.2. The number of rotatable bonds is 3. The topological polar surface area (TPSA) is 46.3 Å². The van der Waals surface area contributed by atoms with Crippen LogP contribution in [0.15, 0.2) is 42.5 Å². The Morgan fingerprint density at radius 3 is 2.45 bits per heavy atom. The molecule has 3 nitrogen and oxygen atoms in total. The van der Waals surface area contributed by atoms with Crippen LogP contribution in [0.2, 0.25) is 0 Å². The van der Waals surface area contributed by atoms with Gasteiger partial charge in [0.15, 0.2) is 0 Å². The van der Waals surface area contributed by atoms with E-state index < -0.39 is 0 Å². The fourth-order valence-electron chi connectivity index (χ4n) is 2.13. The van der Waals surface area contributed by atoms with E-state index in [1.807, 2.05) is 24.3 Å². The van der Waals surface area contributed by atoms with Gasteiger partial charge in [0.25, 0.3) is 0 Å². The van der Waals surface area contributed by atoms with Crippen LogP contribution in [-0.4, -0.2) is 13.0 Å². The van der Waals surface area contributed by atoms with Crippen molar-refractivity contribution in [1.29, 1.82) is 0 Å². The lowest BCUT2D eigenvalue weighted by atomic mass is 10.0. The van der Waals surface area contributed by atoms with Gasteiger partial charge in [-0.25, -0.2) is 0 Å². The second-order valence-electron chi connectivity index (χ2n) is 5.11. The van der Waals surface area contributed by atoms with Crippen LogP contribution in [0.3, 0.4) is 0 Å². The number of aryl methyl sites for hydroxylation is 2. The summed E-state index contributed by atoms with van der Waals surface area (Å²) in [5.41, 5.74) is 10.7. The van der Waals surface area contributed by atoms with Crippen LogP contribution in [0.25, 0.3) is 0 Å². The molecule has 3 heteroatoms. The summed E-state index contributed by atoms with van der Waals surface area (Å²) < 4.78 is 0. The van der Waals surface area contributed by atoms with Crippen molar-refractivity contribution in [3.63, 3.8) is 0 Å². The van der Waals surface area contributed by atoms with Crippen molar-refractivity contribution in [3.05, 3.63) is 59.2 Å². The minimum Gasteiger partial charge on any atom is -0.397 e. The molecule has 104 valence electrons. The van der Waals surface area contributed by atoms with Crippen molar-refractivity contribution in [1.82, 2.24) is 0 Å². The van der Waals surface area contributed by atoms with E-state index in [0.29, 0.717) is 12.1 Å². The second kappa shape index (κ2) is 5.78. The Balaban J connectivity index is 2.15.